The van der Waals surface area contributed by atoms with E-state index in [1.165, 1.54) is 25.7 Å². The minimum absolute atomic E-state index is 0.345. The van der Waals surface area contributed by atoms with E-state index in [4.69, 9.17) is 14.6 Å². The molecule has 1 unspecified atom stereocenters. The number of ether oxygens (including phenoxy) is 2. The Morgan fingerprint density at radius 1 is 0.808 bits per heavy atom. The molecule has 0 rings (SSSR count). The molecule has 150 valence electrons. The van der Waals surface area contributed by atoms with Crippen molar-refractivity contribution in [3.63, 3.8) is 0 Å². The van der Waals surface area contributed by atoms with Crippen molar-refractivity contribution in [2.45, 2.75) is 84.3 Å². The first-order valence-corrected chi connectivity index (χ1v) is 10.1. The molecule has 0 aliphatic carbocycles. The van der Waals surface area contributed by atoms with Crippen LogP contribution in [-0.2, 0) is 14.3 Å². The Morgan fingerprint density at radius 2 is 1.38 bits per heavy atom. The second-order valence-electron chi connectivity index (χ2n) is 6.20. The van der Waals surface area contributed by atoms with Crippen LogP contribution >= 0.6 is 0 Å². The van der Waals surface area contributed by atoms with E-state index in [1.54, 1.807) is 6.92 Å². The zero-order valence-electron chi connectivity index (χ0n) is 16.7. The highest BCUT2D eigenvalue weighted by molar-refractivity contribution is 5.70. The number of rotatable bonds is 18. The second-order valence-corrected chi connectivity index (χ2v) is 6.20. The van der Waals surface area contributed by atoms with Crippen LogP contribution in [0.2, 0.25) is 0 Å². The summed E-state index contributed by atoms with van der Waals surface area (Å²) in [6.45, 7) is 4.70. The van der Waals surface area contributed by atoms with Crippen LogP contribution in [0.3, 0.4) is 0 Å². The number of unbranched alkanes of at least 4 members (excludes halogenated alkanes) is 6. The van der Waals surface area contributed by atoms with Crippen LogP contribution in [0.25, 0.3) is 0 Å². The molecule has 0 aliphatic heterocycles. The standard InChI is InChI=1S/C22H38O4/c1-3-5-6-7-8-9-10-11-12-13-14-15-16-17-18-19-20-26-22(21(23)24)25-4-2/h5-6,8-9,11-12,22H,3-4,7,10,13-20H2,1-2H3,(H,23,24). The van der Waals surface area contributed by atoms with E-state index in [9.17, 15) is 4.79 Å². The summed E-state index contributed by atoms with van der Waals surface area (Å²) >= 11 is 0. The van der Waals surface area contributed by atoms with Crippen LogP contribution < -0.4 is 0 Å². The lowest BCUT2D eigenvalue weighted by molar-refractivity contribution is -0.188. The second kappa shape index (κ2) is 19.9. The van der Waals surface area contributed by atoms with Gasteiger partial charge in [0.2, 0.25) is 0 Å². The van der Waals surface area contributed by atoms with Gasteiger partial charge in [-0.1, -0.05) is 69.1 Å². The van der Waals surface area contributed by atoms with Crippen molar-refractivity contribution in [1.82, 2.24) is 0 Å². The molecule has 4 nitrogen and oxygen atoms in total. The maximum absolute atomic E-state index is 10.8. The minimum atomic E-state index is -1.12. The molecule has 0 saturated carbocycles. The third-order valence-corrected chi connectivity index (χ3v) is 3.83. The summed E-state index contributed by atoms with van der Waals surface area (Å²) in [5, 5.41) is 8.88. The van der Waals surface area contributed by atoms with Crippen molar-refractivity contribution < 1.29 is 19.4 Å². The summed E-state index contributed by atoms with van der Waals surface area (Å²) in [6, 6.07) is 0. The zero-order chi connectivity index (χ0) is 19.3. The number of hydrogen-bond acceptors (Lipinski definition) is 3. The summed E-state index contributed by atoms with van der Waals surface area (Å²) < 4.78 is 10.2. The van der Waals surface area contributed by atoms with Crippen LogP contribution in [0.5, 0.6) is 0 Å². The number of allylic oxidation sites excluding steroid dienone is 6. The third kappa shape index (κ3) is 17.4. The average molecular weight is 367 g/mol. The number of carbonyl (C=O) groups is 1. The smallest absolute Gasteiger partial charge is 0.361 e. The predicted octanol–water partition coefficient (Wildman–Crippen LogP) is 6.04. The fourth-order valence-corrected chi connectivity index (χ4v) is 2.43. The van der Waals surface area contributed by atoms with Gasteiger partial charge in [0, 0.05) is 6.61 Å². The third-order valence-electron chi connectivity index (χ3n) is 3.83. The van der Waals surface area contributed by atoms with E-state index >= 15 is 0 Å². The Bertz CT molecular complexity index is 399. The van der Waals surface area contributed by atoms with Gasteiger partial charge in [-0.25, -0.2) is 4.79 Å². The number of aliphatic carboxylic acids is 1. The van der Waals surface area contributed by atoms with Gasteiger partial charge in [0.1, 0.15) is 0 Å². The molecule has 0 bridgehead atoms. The van der Waals surface area contributed by atoms with Gasteiger partial charge < -0.3 is 14.6 Å². The first-order valence-electron chi connectivity index (χ1n) is 10.1. The minimum Gasteiger partial charge on any atom is -0.477 e. The SMILES string of the molecule is CCC=CCC=CCC=CCCCCCCCCOC(OCC)C(=O)O. The molecule has 0 fully saturated rings. The van der Waals surface area contributed by atoms with E-state index in [1.807, 2.05) is 0 Å². The average Bonchev–Trinajstić information content (AvgIpc) is 2.63. The quantitative estimate of drug-likeness (QED) is 0.182. The normalized spacial score (nSPS) is 13.3. The maximum Gasteiger partial charge on any atom is 0.361 e. The highest BCUT2D eigenvalue weighted by atomic mass is 16.7. The predicted molar refractivity (Wildman–Crippen MR) is 108 cm³/mol. The lowest BCUT2D eigenvalue weighted by Crippen LogP contribution is -2.27. The molecule has 1 N–H and O–H groups in total. The van der Waals surface area contributed by atoms with Crippen molar-refractivity contribution in [2.24, 2.45) is 0 Å². The largest absolute Gasteiger partial charge is 0.477 e. The van der Waals surface area contributed by atoms with Gasteiger partial charge >= 0.3 is 5.97 Å². The van der Waals surface area contributed by atoms with Gasteiger partial charge in [-0.05, 0) is 45.4 Å². The molecule has 26 heavy (non-hydrogen) atoms. The molecule has 0 aromatic carbocycles. The van der Waals surface area contributed by atoms with Crippen molar-refractivity contribution in [2.75, 3.05) is 13.2 Å². The Balaban J connectivity index is 3.37. The monoisotopic (exact) mass is 366 g/mol. The van der Waals surface area contributed by atoms with Gasteiger partial charge in [0.25, 0.3) is 6.29 Å². The number of hydrogen-bond donors (Lipinski definition) is 1. The van der Waals surface area contributed by atoms with Crippen LogP contribution in [0, 0.1) is 0 Å². The highest BCUT2D eigenvalue weighted by Gasteiger charge is 2.17. The Kier molecular flexibility index (Phi) is 18.9. The highest BCUT2D eigenvalue weighted by Crippen LogP contribution is 2.08. The van der Waals surface area contributed by atoms with Gasteiger partial charge in [-0.2, -0.15) is 0 Å². The Hall–Kier alpha value is -1.39. The molecule has 0 heterocycles. The molecule has 0 radical (unpaired) electrons. The van der Waals surface area contributed by atoms with E-state index in [0.29, 0.717) is 13.2 Å². The van der Waals surface area contributed by atoms with Crippen LogP contribution in [0.15, 0.2) is 36.5 Å². The molecule has 4 heteroatoms. The summed E-state index contributed by atoms with van der Waals surface area (Å²) in [7, 11) is 0. The van der Waals surface area contributed by atoms with E-state index in [-0.39, 0.29) is 0 Å². The van der Waals surface area contributed by atoms with Gasteiger partial charge in [0.05, 0.1) is 6.61 Å². The first kappa shape index (κ1) is 24.6. The van der Waals surface area contributed by atoms with Gasteiger partial charge in [-0.15, -0.1) is 0 Å². The fraction of sp³-hybridized carbons (Fsp3) is 0.682. The summed E-state index contributed by atoms with van der Waals surface area (Å²) in [5.74, 6) is -1.05. The van der Waals surface area contributed by atoms with Gasteiger partial charge in [-0.3, -0.25) is 0 Å². The zero-order valence-corrected chi connectivity index (χ0v) is 16.7. The topological polar surface area (TPSA) is 55.8 Å². The van der Waals surface area contributed by atoms with Crippen LogP contribution in [-0.4, -0.2) is 30.6 Å². The summed E-state index contributed by atoms with van der Waals surface area (Å²) in [6.07, 6.45) is 23.4. The summed E-state index contributed by atoms with van der Waals surface area (Å²) in [4.78, 5) is 10.8. The van der Waals surface area contributed by atoms with E-state index in [0.717, 1.165) is 38.5 Å². The van der Waals surface area contributed by atoms with Crippen molar-refractivity contribution >= 4 is 5.97 Å². The molecule has 0 spiro atoms. The molecule has 0 amide bonds. The van der Waals surface area contributed by atoms with E-state index in [2.05, 4.69) is 43.4 Å². The maximum atomic E-state index is 10.8. The Labute approximate surface area is 160 Å². The summed E-state index contributed by atoms with van der Waals surface area (Å²) in [5.41, 5.74) is 0. The molecule has 0 aromatic heterocycles. The molecule has 0 saturated heterocycles. The van der Waals surface area contributed by atoms with Crippen molar-refractivity contribution in [3.05, 3.63) is 36.5 Å². The van der Waals surface area contributed by atoms with Crippen LogP contribution in [0.4, 0.5) is 0 Å². The number of carboxylic acids is 1. The first-order chi connectivity index (χ1) is 12.7. The molecule has 0 aromatic rings. The lowest BCUT2D eigenvalue weighted by Gasteiger charge is -2.12. The van der Waals surface area contributed by atoms with E-state index < -0.39 is 12.3 Å². The molecular formula is C22H38O4. The van der Waals surface area contributed by atoms with Crippen molar-refractivity contribution in [1.29, 1.82) is 0 Å². The fourth-order valence-electron chi connectivity index (χ4n) is 2.43. The molecular weight excluding hydrogens is 328 g/mol. The van der Waals surface area contributed by atoms with Gasteiger partial charge in [0.15, 0.2) is 0 Å². The van der Waals surface area contributed by atoms with Crippen LogP contribution in [0.1, 0.15) is 78.1 Å². The van der Waals surface area contributed by atoms with Crippen molar-refractivity contribution in [3.8, 4) is 0 Å². The molecule has 1 atom stereocenters. The Morgan fingerprint density at radius 3 is 2.00 bits per heavy atom. The lowest BCUT2D eigenvalue weighted by atomic mass is 10.1. The number of carboxylic acid groups (broad SMARTS) is 1. The molecule has 0 aliphatic rings.